The second kappa shape index (κ2) is 3.62. The van der Waals surface area contributed by atoms with Gasteiger partial charge in [0.1, 0.15) is 5.69 Å². The highest BCUT2D eigenvalue weighted by Crippen LogP contribution is 2.02. The van der Waals surface area contributed by atoms with Gasteiger partial charge in [0.2, 0.25) is 0 Å². The fourth-order valence-corrected chi connectivity index (χ4v) is 1.45. The van der Waals surface area contributed by atoms with E-state index in [9.17, 15) is 4.79 Å². The molecule has 0 N–H and O–H groups in total. The van der Waals surface area contributed by atoms with Crippen molar-refractivity contribution < 1.29 is 4.79 Å². The average molecular weight is 209 g/mol. The lowest BCUT2D eigenvalue weighted by Gasteiger charge is -1.90. The third-order valence-corrected chi connectivity index (χ3v) is 2.12. The van der Waals surface area contributed by atoms with Crippen molar-refractivity contribution in [3.63, 3.8) is 0 Å². The SMILES string of the molecule is Cn1cc(CC(=O)c2cnsn2)nn1. The zero-order valence-electron chi connectivity index (χ0n) is 7.41. The van der Waals surface area contributed by atoms with E-state index >= 15 is 0 Å². The number of aromatic nitrogens is 5. The first kappa shape index (κ1) is 8.95. The molecular weight excluding hydrogens is 202 g/mol. The number of carbonyl (C=O) groups excluding carboxylic acids is 1. The summed E-state index contributed by atoms with van der Waals surface area (Å²) in [6.45, 7) is 0. The zero-order chi connectivity index (χ0) is 9.97. The largest absolute Gasteiger partial charge is 0.292 e. The summed E-state index contributed by atoms with van der Waals surface area (Å²) in [5.74, 6) is -0.0840. The highest BCUT2D eigenvalue weighted by Gasteiger charge is 2.11. The van der Waals surface area contributed by atoms with Crippen molar-refractivity contribution >= 4 is 17.5 Å². The fourth-order valence-electron chi connectivity index (χ4n) is 1.02. The first-order valence-corrected chi connectivity index (χ1v) is 4.64. The molecule has 0 fully saturated rings. The van der Waals surface area contributed by atoms with E-state index in [4.69, 9.17) is 0 Å². The second-order valence-corrected chi connectivity index (χ2v) is 3.33. The third-order valence-electron chi connectivity index (χ3n) is 1.64. The van der Waals surface area contributed by atoms with Crippen LogP contribution in [0.4, 0.5) is 0 Å². The molecule has 72 valence electrons. The molecule has 0 aliphatic rings. The molecule has 0 saturated carbocycles. The average Bonchev–Trinajstić information content (AvgIpc) is 2.75. The summed E-state index contributed by atoms with van der Waals surface area (Å²) in [5, 5.41) is 7.54. The summed E-state index contributed by atoms with van der Waals surface area (Å²) in [5.41, 5.74) is 1.03. The van der Waals surface area contributed by atoms with Gasteiger partial charge in [0.05, 0.1) is 30.0 Å². The topological polar surface area (TPSA) is 73.6 Å². The molecule has 0 aliphatic carbocycles. The molecule has 0 spiro atoms. The fraction of sp³-hybridized carbons (Fsp3) is 0.286. The summed E-state index contributed by atoms with van der Waals surface area (Å²) in [4.78, 5) is 11.5. The Kier molecular flexibility index (Phi) is 2.32. The van der Waals surface area contributed by atoms with E-state index in [0.29, 0.717) is 11.4 Å². The molecule has 2 heterocycles. The Morgan fingerprint density at radius 2 is 2.50 bits per heavy atom. The predicted octanol–water partition coefficient (Wildman–Crippen LogP) is 0.0920. The summed E-state index contributed by atoms with van der Waals surface area (Å²) in [7, 11) is 1.76. The maximum atomic E-state index is 11.5. The molecule has 0 bridgehead atoms. The third kappa shape index (κ3) is 1.82. The Morgan fingerprint density at radius 3 is 3.07 bits per heavy atom. The molecule has 2 rings (SSSR count). The molecule has 0 amide bonds. The lowest BCUT2D eigenvalue weighted by molar-refractivity contribution is 0.0988. The van der Waals surface area contributed by atoms with Crippen molar-refractivity contribution in [3.05, 3.63) is 23.8 Å². The van der Waals surface area contributed by atoms with Crippen LogP contribution >= 0.6 is 11.7 Å². The van der Waals surface area contributed by atoms with Gasteiger partial charge in [0.15, 0.2) is 5.78 Å². The Labute approximate surface area is 83.9 Å². The minimum absolute atomic E-state index is 0.0840. The van der Waals surface area contributed by atoms with Crippen LogP contribution in [-0.2, 0) is 13.5 Å². The van der Waals surface area contributed by atoms with Crippen LogP contribution in [0.2, 0.25) is 0 Å². The number of hydrogen-bond donors (Lipinski definition) is 0. The number of carbonyl (C=O) groups is 1. The molecule has 2 aromatic rings. The highest BCUT2D eigenvalue weighted by atomic mass is 32.1. The molecule has 0 radical (unpaired) electrons. The Balaban J connectivity index is 2.09. The van der Waals surface area contributed by atoms with Crippen LogP contribution in [-0.4, -0.2) is 29.5 Å². The van der Waals surface area contributed by atoms with E-state index in [1.54, 1.807) is 17.9 Å². The van der Waals surface area contributed by atoms with Crippen LogP contribution in [0.15, 0.2) is 12.4 Å². The van der Waals surface area contributed by atoms with Crippen LogP contribution in [0.5, 0.6) is 0 Å². The van der Waals surface area contributed by atoms with Gasteiger partial charge in [-0.15, -0.1) is 5.10 Å². The number of aryl methyl sites for hydroxylation is 1. The van der Waals surface area contributed by atoms with Gasteiger partial charge in [0.25, 0.3) is 0 Å². The van der Waals surface area contributed by atoms with Gasteiger partial charge in [0, 0.05) is 13.2 Å². The van der Waals surface area contributed by atoms with Gasteiger partial charge < -0.3 is 0 Å². The van der Waals surface area contributed by atoms with Gasteiger partial charge >= 0.3 is 0 Å². The molecular formula is C7H7N5OS. The van der Waals surface area contributed by atoms with Crippen molar-refractivity contribution in [1.29, 1.82) is 0 Å². The lowest BCUT2D eigenvalue weighted by atomic mass is 10.2. The molecule has 0 saturated heterocycles. The Bertz CT molecular complexity index is 435. The standard InChI is InChI=1S/C7H7N5OS/c1-12-4-5(9-11-12)2-7(13)6-3-8-14-10-6/h3-4H,2H2,1H3. The normalized spacial score (nSPS) is 10.4. The van der Waals surface area contributed by atoms with E-state index in [1.807, 2.05) is 0 Å². The van der Waals surface area contributed by atoms with Gasteiger partial charge in [-0.05, 0) is 0 Å². The molecule has 6 nitrogen and oxygen atoms in total. The van der Waals surface area contributed by atoms with Crippen LogP contribution < -0.4 is 0 Å². The number of Topliss-reactive ketones (excluding diaryl/α,β-unsaturated/α-hetero) is 1. The van der Waals surface area contributed by atoms with Gasteiger partial charge in [-0.3, -0.25) is 9.48 Å². The van der Waals surface area contributed by atoms with Gasteiger partial charge in [-0.25, -0.2) is 0 Å². The van der Waals surface area contributed by atoms with Crippen molar-refractivity contribution in [2.24, 2.45) is 7.05 Å². The summed E-state index contributed by atoms with van der Waals surface area (Å²) in [6, 6.07) is 0. The summed E-state index contributed by atoms with van der Waals surface area (Å²) in [6.07, 6.45) is 3.39. The molecule has 7 heteroatoms. The maximum Gasteiger partial charge on any atom is 0.189 e. The molecule has 2 aromatic heterocycles. The smallest absolute Gasteiger partial charge is 0.189 e. The number of hydrogen-bond acceptors (Lipinski definition) is 6. The van der Waals surface area contributed by atoms with Crippen LogP contribution in [0.25, 0.3) is 0 Å². The number of rotatable bonds is 3. The first-order chi connectivity index (χ1) is 6.75. The van der Waals surface area contributed by atoms with Crippen molar-refractivity contribution in [2.75, 3.05) is 0 Å². The molecule has 0 aliphatic heterocycles. The number of nitrogens with zero attached hydrogens (tertiary/aromatic N) is 5. The van der Waals surface area contributed by atoms with E-state index in [1.165, 1.54) is 6.20 Å². The Morgan fingerprint density at radius 1 is 1.64 bits per heavy atom. The second-order valence-electron chi connectivity index (χ2n) is 2.78. The van der Waals surface area contributed by atoms with Gasteiger partial charge in [-0.1, -0.05) is 5.21 Å². The van der Waals surface area contributed by atoms with E-state index in [2.05, 4.69) is 19.1 Å². The van der Waals surface area contributed by atoms with Crippen molar-refractivity contribution in [3.8, 4) is 0 Å². The van der Waals surface area contributed by atoms with Gasteiger partial charge in [-0.2, -0.15) is 8.75 Å². The van der Waals surface area contributed by atoms with Crippen molar-refractivity contribution in [2.45, 2.75) is 6.42 Å². The van der Waals surface area contributed by atoms with E-state index in [-0.39, 0.29) is 12.2 Å². The van der Waals surface area contributed by atoms with Crippen LogP contribution in [0, 0.1) is 0 Å². The van der Waals surface area contributed by atoms with E-state index in [0.717, 1.165) is 11.7 Å². The van der Waals surface area contributed by atoms with Crippen LogP contribution in [0.1, 0.15) is 16.2 Å². The van der Waals surface area contributed by atoms with Crippen LogP contribution in [0.3, 0.4) is 0 Å². The zero-order valence-corrected chi connectivity index (χ0v) is 8.23. The van der Waals surface area contributed by atoms with Crippen molar-refractivity contribution in [1.82, 2.24) is 23.7 Å². The monoisotopic (exact) mass is 209 g/mol. The quantitative estimate of drug-likeness (QED) is 0.670. The summed E-state index contributed by atoms with van der Waals surface area (Å²) < 4.78 is 9.16. The molecule has 0 atom stereocenters. The minimum atomic E-state index is -0.0840. The number of ketones is 1. The molecule has 0 aromatic carbocycles. The van der Waals surface area contributed by atoms with E-state index < -0.39 is 0 Å². The predicted molar refractivity (Wildman–Crippen MR) is 48.9 cm³/mol. The minimum Gasteiger partial charge on any atom is -0.292 e. The maximum absolute atomic E-state index is 11.5. The highest BCUT2D eigenvalue weighted by molar-refractivity contribution is 6.99. The molecule has 14 heavy (non-hydrogen) atoms. The summed E-state index contributed by atoms with van der Waals surface area (Å²) >= 11 is 1.02. The lowest BCUT2D eigenvalue weighted by Crippen LogP contribution is -2.03. The molecule has 0 unspecified atom stereocenters. The first-order valence-electron chi connectivity index (χ1n) is 3.91. The Hall–Kier alpha value is -1.63.